The fraction of sp³-hybridized carbons (Fsp3) is 0.750. The highest BCUT2D eigenvalue weighted by atomic mass is 16.7. The third kappa shape index (κ3) is 5.05. The lowest BCUT2D eigenvalue weighted by atomic mass is 10.2. The second-order valence-corrected chi connectivity index (χ2v) is 3.03. The summed E-state index contributed by atoms with van der Waals surface area (Å²) in [5.74, 6) is -0.0937. The minimum atomic E-state index is -1.31. The number of likely N-dealkylation sites (N-methyl/N-ethyl adjacent to an activating group) is 1. The summed E-state index contributed by atoms with van der Waals surface area (Å²) >= 11 is 0. The van der Waals surface area contributed by atoms with E-state index in [1.807, 2.05) is 0 Å². The third-order valence-corrected chi connectivity index (χ3v) is 1.52. The molecule has 1 amide bonds. The van der Waals surface area contributed by atoms with Gasteiger partial charge in [0.1, 0.15) is 6.61 Å². The van der Waals surface area contributed by atoms with Gasteiger partial charge in [0.15, 0.2) is 0 Å². The molecule has 5 nitrogen and oxygen atoms in total. The molecule has 5 heteroatoms. The maximum Gasteiger partial charge on any atom is 0.505 e. The first kappa shape index (κ1) is 11.7. The smallest absolute Gasteiger partial charge is 0.450 e. The summed E-state index contributed by atoms with van der Waals surface area (Å²) < 4.78 is 4.27. The van der Waals surface area contributed by atoms with E-state index < -0.39 is 6.16 Å². The second-order valence-electron chi connectivity index (χ2n) is 3.03. The van der Waals surface area contributed by atoms with Crippen LogP contribution >= 0.6 is 0 Å². The maximum absolute atomic E-state index is 11.2. The van der Waals surface area contributed by atoms with Gasteiger partial charge >= 0.3 is 6.16 Å². The summed E-state index contributed by atoms with van der Waals surface area (Å²) in [6, 6.07) is 0. The standard InChI is InChI=1S/C8H15NO4/c1-6(2)7(10)9(3)4-5-13-8(11)12/h6H,4-5H2,1-3H3,(H,11,12). The molecule has 0 heterocycles. The predicted molar refractivity (Wildman–Crippen MR) is 46.5 cm³/mol. The molecule has 0 atom stereocenters. The Morgan fingerprint density at radius 3 is 2.38 bits per heavy atom. The monoisotopic (exact) mass is 189 g/mol. The highest BCUT2D eigenvalue weighted by molar-refractivity contribution is 5.77. The van der Waals surface area contributed by atoms with Crippen molar-refractivity contribution in [3.05, 3.63) is 0 Å². The van der Waals surface area contributed by atoms with Gasteiger partial charge in [-0.05, 0) is 0 Å². The minimum absolute atomic E-state index is 0.0181. The summed E-state index contributed by atoms with van der Waals surface area (Å²) in [6.07, 6.45) is -1.31. The number of hydrogen-bond acceptors (Lipinski definition) is 3. The number of hydrogen-bond donors (Lipinski definition) is 1. The molecule has 0 bridgehead atoms. The van der Waals surface area contributed by atoms with E-state index in [2.05, 4.69) is 4.74 Å². The van der Waals surface area contributed by atoms with Crippen LogP contribution in [0.25, 0.3) is 0 Å². The van der Waals surface area contributed by atoms with Crippen LogP contribution in [0.4, 0.5) is 4.79 Å². The van der Waals surface area contributed by atoms with Crippen LogP contribution in [0.15, 0.2) is 0 Å². The zero-order chi connectivity index (χ0) is 10.4. The summed E-state index contributed by atoms with van der Waals surface area (Å²) in [5, 5.41) is 8.15. The first-order valence-corrected chi connectivity index (χ1v) is 4.06. The molecule has 0 aromatic rings. The first-order chi connectivity index (χ1) is 5.95. The highest BCUT2D eigenvalue weighted by Crippen LogP contribution is 1.98. The maximum atomic E-state index is 11.2. The molecule has 13 heavy (non-hydrogen) atoms. The van der Waals surface area contributed by atoms with Crippen LogP contribution in [0.2, 0.25) is 0 Å². The average Bonchev–Trinajstić information content (AvgIpc) is 2.02. The Hall–Kier alpha value is -1.26. The number of carbonyl (C=O) groups is 2. The van der Waals surface area contributed by atoms with Crippen LogP contribution in [-0.4, -0.2) is 42.3 Å². The molecular weight excluding hydrogens is 174 g/mol. The van der Waals surface area contributed by atoms with E-state index in [9.17, 15) is 9.59 Å². The van der Waals surface area contributed by atoms with Gasteiger partial charge in [-0.25, -0.2) is 4.79 Å². The Morgan fingerprint density at radius 2 is 2.00 bits per heavy atom. The fourth-order valence-electron chi connectivity index (χ4n) is 0.821. The summed E-state index contributed by atoms with van der Waals surface area (Å²) in [6.45, 7) is 3.89. The fourth-order valence-corrected chi connectivity index (χ4v) is 0.821. The molecule has 0 rings (SSSR count). The lowest BCUT2D eigenvalue weighted by Gasteiger charge is -2.18. The van der Waals surface area contributed by atoms with Crippen LogP contribution in [0.5, 0.6) is 0 Å². The Labute approximate surface area is 77.3 Å². The van der Waals surface area contributed by atoms with E-state index in [0.717, 1.165) is 0 Å². The van der Waals surface area contributed by atoms with Gasteiger partial charge in [0.2, 0.25) is 5.91 Å². The number of nitrogens with zero attached hydrogens (tertiary/aromatic N) is 1. The molecule has 0 radical (unpaired) electrons. The predicted octanol–water partition coefficient (Wildman–Crippen LogP) is 0.795. The Morgan fingerprint density at radius 1 is 1.46 bits per heavy atom. The quantitative estimate of drug-likeness (QED) is 0.664. The van der Waals surface area contributed by atoms with E-state index in [0.29, 0.717) is 6.54 Å². The molecule has 76 valence electrons. The number of carboxylic acid groups (broad SMARTS) is 1. The van der Waals surface area contributed by atoms with Gasteiger partial charge < -0.3 is 14.7 Å². The Balaban J connectivity index is 3.68. The van der Waals surface area contributed by atoms with Crippen molar-refractivity contribution in [3.8, 4) is 0 Å². The zero-order valence-corrected chi connectivity index (χ0v) is 8.11. The van der Waals surface area contributed by atoms with Gasteiger partial charge in [0, 0.05) is 13.0 Å². The summed E-state index contributed by atoms with van der Waals surface area (Å²) in [7, 11) is 1.62. The normalized spacial score (nSPS) is 9.85. The van der Waals surface area contributed by atoms with Crippen LogP contribution in [0.1, 0.15) is 13.8 Å². The second kappa shape index (κ2) is 5.40. The van der Waals surface area contributed by atoms with Gasteiger partial charge in [-0.2, -0.15) is 0 Å². The van der Waals surface area contributed by atoms with E-state index in [1.165, 1.54) is 4.90 Å². The molecule has 0 aliphatic rings. The lowest BCUT2D eigenvalue weighted by Crippen LogP contribution is -2.33. The van der Waals surface area contributed by atoms with Crippen molar-refractivity contribution in [1.29, 1.82) is 0 Å². The number of carbonyl (C=O) groups excluding carboxylic acids is 1. The molecule has 1 N–H and O–H groups in total. The van der Waals surface area contributed by atoms with Gasteiger partial charge in [0.25, 0.3) is 0 Å². The molecule has 0 spiro atoms. The molecule has 0 aliphatic carbocycles. The van der Waals surface area contributed by atoms with E-state index in [4.69, 9.17) is 5.11 Å². The summed E-state index contributed by atoms with van der Waals surface area (Å²) in [5.41, 5.74) is 0. The van der Waals surface area contributed by atoms with Crippen LogP contribution in [0, 0.1) is 5.92 Å². The molecule has 0 saturated heterocycles. The van der Waals surface area contributed by atoms with Gasteiger partial charge in [-0.3, -0.25) is 4.79 Å². The van der Waals surface area contributed by atoms with Crippen molar-refractivity contribution in [2.24, 2.45) is 5.92 Å². The van der Waals surface area contributed by atoms with E-state index >= 15 is 0 Å². The Kier molecular flexibility index (Phi) is 4.87. The van der Waals surface area contributed by atoms with Gasteiger partial charge in [-0.1, -0.05) is 13.8 Å². The van der Waals surface area contributed by atoms with Crippen molar-refractivity contribution < 1.29 is 19.4 Å². The van der Waals surface area contributed by atoms with Crippen LogP contribution in [-0.2, 0) is 9.53 Å². The van der Waals surface area contributed by atoms with Crippen LogP contribution < -0.4 is 0 Å². The zero-order valence-electron chi connectivity index (χ0n) is 8.11. The average molecular weight is 189 g/mol. The van der Waals surface area contributed by atoms with Crippen molar-refractivity contribution in [2.75, 3.05) is 20.2 Å². The highest BCUT2D eigenvalue weighted by Gasteiger charge is 2.12. The van der Waals surface area contributed by atoms with Crippen molar-refractivity contribution in [3.63, 3.8) is 0 Å². The van der Waals surface area contributed by atoms with Gasteiger partial charge in [-0.15, -0.1) is 0 Å². The molecule has 0 saturated carbocycles. The molecule has 0 aromatic carbocycles. The number of ether oxygens (including phenoxy) is 1. The van der Waals surface area contributed by atoms with Crippen LogP contribution in [0.3, 0.4) is 0 Å². The lowest BCUT2D eigenvalue weighted by molar-refractivity contribution is -0.133. The van der Waals surface area contributed by atoms with Crippen molar-refractivity contribution in [2.45, 2.75) is 13.8 Å². The third-order valence-electron chi connectivity index (χ3n) is 1.52. The van der Waals surface area contributed by atoms with Crippen molar-refractivity contribution >= 4 is 12.1 Å². The summed E-state index contributed by atoms with van der Waals surface area (Å²) in [4.78, 5) is 22.7. The van der Waals surface area contributed by atoms with E-state index in [-0.39, 0.29) is 18.4 Å². The Bertz CT molecular complexity index is 191. The molecular formula is C8H15NO4. The van der Waals surface area contributed by atoms with Gasteiger partial charge in [0.05, 0.1) is 6.54 Å². The minimum Gasteiger partial charge on any atom is -0.450 e. The topological polar surface area (TPSA) is 66.8 Å². The molecule has 0 aliphatic heterocycles. The number of rotatable bonds is 4. The molecule has 0 unspecified atom stereocenters. The van der Waals surface area contributed by atoms with Crippen molar-refractivity contribution in [1.82, 2.24) is 4.90 Å². The largest absolute Gasteiger partial charge is 0.505 e. The number of amides is 1. The SMILES string of the molecule is CC(C)C(=O)N(C)CCOC(=O)O. The molecule has 0 fully saturated rings. The first-order valence-electron chi connectivity index (χ1n) is 4.06. The molecule has 0 aromatic heterocycles. The van der Waals surface area contributed by atoms with E-state index in [1.54, 1.807) is 20.9 Å².